The molecule has 2 heterocycles. The van der Waals surface area contributed by atoms with Gasteiger partial charge in [-0.15, -0.1) is 0 Å². The highest BCUT2D eigenvalue weighted by atomic mass is 19.1. The minimum absolute atomic E-state index is 0.163. The van der Waals surface area contributed by atoms with Gasteiger partial charge in [-0.3, -0.25) is 0 Å². The maximum Gasteiger partial charge on any atom is 0.161 e. The van der Waals surface area contributed by atoms with Crippen LogP contribution in [0.5, 0.6) is 11.5 Å². The van der Waals surface area contributed by atoms with E-state index in [9.17, 15) is 9.50 Å². The molecule has 2 aromatic carbocycles. The lowest BCUT2D eigenvalue weighted by molar-refractivity contribution is -0.903. The largest absolute Gasteiger partial charge is 0.486 e. The number of aliphatic hydroxyl groups excluding tert-OH is 1. The zero-order valence-corrected chi connectivity index (χ0v) is 16.4. The molecule has 0 aromatic heterocycles. The molecule has 0 spiro atoms. The van der Waals surface area contributed by atoms with Crippen LogP contribution < -0.4 is 19.3 Å². The topological polar surface area (TPSA) is 55.6 Å². The van der Waals surface area contributed by atoms with Crippen molar-refractivity contribution in [3.63, 3.8) is 0 Å². The second-order valence-corrected chi connectivity index (χ2v) is 7.61. The Labute approximate surface area is 170 Å². The minimum Gasteiger partial charge on any atom is -0.486 e. The number of piperazine rings is 1. The van der Waals surface area contributed by atoms with Crippen LogP contribution in [0, 0.1) is 5.82 Å². The molecule has 156 valence electrons. The number of rotatable bonds is 7. The molecule has 0 amide bonds. The number of aliphatic hydroxyl groups is 1. The fourth-order valence-corrected chi connectivity index (χ4v) is 3.81. The highest BCUT2D eigenvalue weighted by Crippen LogP contribution is 2.30. The molecule has 1 fully saturated rings. The zero-order chi connectivity index (χ0) is 20.1. The van der Waals surface area contributed by atoms with E-state index in [1.165, 1.54) is 17.0 Å². The van der Waals surface area contributed by atoms with Crippen molar-refractivity contribution in [1.82, 2.24) is 0 Å². The first-order valence-corrected chi connectivity index (χ1v) is 10.2. The second kappa shape index (κ2) is 9.43. The van der Waals surface area contributed by atoms with E-state index >= 15 is 0 Å². The third-order valence-electron chi connectivity index (χ3n) is 5.37. The molecule has 2 atom stereocenters. The number of quaternary nitrogens is 1. The van der Waals surface area contributed by atoms with E-state index in [4.69, 9.17) is 14.2 Å². The van der Waals surface area contributed by atoms with Crippen LogP contribution in [-0.2, 0) is 4.74 Å². The molecule has 2 aliphatic rings. The number of para-hydroxylation sites is 2. The molecular formula is C22H28FN2O4+. The van der Waals surface area contributed by atoms with Crippen molar-refractivity contribution in [1.29, 1.82) is 0 Å². The van der Waals surface area contributed by atoms with Crippen molar-refractivity contribution in [2.24, 2.45) is 0 Å². The van der Waals surface area contributed by atoms with E-state index in [1.807, 2.05) is 36.4 Å². The summed E-state index contributed by atoms with van der Waals surface area (Å²) in [5.41, 5.74) is 1.05. The summed E-state index contributed by atoms with van der Waals surface area (Å²) in [5.74, 6) is 1.28. The average Bonchev–Trinajstić information content (AvgIpc) is 2.75. The van der Waals surface area contributed by atoms with Crippen LogP contribution in [0.3, 0.4) is 0 Å². The van der Waals surface area contributed by atoms with Gasteiger partial charge in [0.05, 0.1) is 39.4 Å². The van der Waals surface area contributed by atoms with Gasteiger partial charge in [-0.2, -0.15) is 0 Å². The molecule has 7 heteroatoms. The lowest BCUT2D eigenvalue weighted by atomic mass is 10.2. The van der Waals surface area contributed by atoms with Gasteiger partial charge in [0.1, 0.15) is 25.1 Å². The summed E-state index contributed by atoms with van der Waals surface area (Å²) in [5, 5.41) is 10.3. The molecule has 0 unspecified atom stereocenters. The smallest absolute Gasteiger partial charge is 0.161 e. The lowest BCUT2D eigenvalue weighted by Gasteiger charge is -2.34. The molecule has 0 radical (unpaired) electrons. The molecular weight excluding hydrogens is 375 g/mol. The molecule has 29 heavy (non-hydrogen) atoms. The van der Waals surface area contributed by atoms with E-state index in [1.54, 1.807) is 0 Å². The molecule has 4 rings (SSSR count). The summed E-state index contributed by atoms with van der Waals surface area (Å²) in [6, 6.07) is 14.2. The van der Waals surface area contributed by atoms with Crippen molar-refractivity contribution in [3.05, 3.63) is 54.3 Å². The van der Waals surface area contributed by atoms with Gasteiger partial charge in [0.15, 0.2) is 17.6 Å². The number of nitrogens with one attached hydrogen (secondary N) is 1. The fourth-order valence-electron chi connectivity index (χ4n) is 3.81. The normalized spacial score (nSPS) is 20.5. The monoisotopic (exact) mass is 403 g/mol. The van der Waals surface area contributed by atoms with Crippen LogP contribution in [0.2, 0.25) is 0 Å². The number of anilines is 1. The number of fused-ring (bicyclic) bond motifs is 1. The molecule has 2 aliphatic heterocycles. The van der Waals surface area contributed by atoms with Crippen molar-refractivity contribution in [3.8, 4) is 11.5 Å². The molecule has 1 saturated heterocycles. The molecule has 0 bridgehead atoms. The van der Waals surface area contributed by atoms with Crippen LogP contribution in [-0.4, -0.2) is 69.9 Å². The van der Waals surface area contributed by atoms with Gasteiger partial charge in [-0.05, 0) is 36.4 Å². The number of benzene rings is 2. The zero-order valence-electron chi connectivity index (χ0n) is 16.4. The first-order valence-electron chi connectivity index (χ1n) is 10.2. The predicted molar refractivity (Wildman–Crippen MR) is 107 cm³/mol. The maximum atomic E-state index is 13.1. The quantitative estimate of drug-likeness (QED) is 0.715. The van der Waals surface area contributed by atoms with Gasteiger partial charge in [0, 0.05) is 5.69 Å². The average molecular weight is 403 g/mol. The Morgan fingerprint density at radius 1 is 1.10 bits per heavy atom. The summed E-state index contributed by atoms with van der Waals surface area (Å²) >= 11 is 0. The van der Waals surface area contributed by atoms with Crippen LogP contribution in [0.15, 0.2) is 48.5 Å². The third kappa shape index (κ3) is 5.38. The molecule has 6 nitrogen and oxygen atoms in total. The number of hydrogen-bond donors (Lipinski definition) is 2. The standard InChI is InChI=1S/C22H27FN2O4/c23-17-5-7-18(8-6-17)25-11-9-24(10-12-25)13-19(26)14-27-15-20-16-28-21-3-1-2-4-22(21)29-20/h1-8,19-20,26H,9-16H2/p+1/t19-,20+/m0/s1. The SMILES string of the molecule is O[C@H](COC[C@@H]1COc2ccccc2O1)C[NH+]1CCN(c2ccc(F)cc2)CC1. The summed E-state index contributed by atoms with van der Waals surface area (Å²) in [7, 11) is 0. The highest BCUT2D eigenvalue weighted by Gasteiger charge is 2.24. The number of ether oxygens (including phenoxy) is 3. The van der Waals surface area contributed by atoms with Gasteiger partial charge in [-0.1, -0.05) is 12.1 Å². The first-order chi connectivity index (χ1) is 14.2. The van der Waals surface area contributed by atoms with E-state index in [-0.39, 0.29) is 18.5 Å². The van der Waals surface area contributed by atoms with Crippen molar-refractivity contribution < 1.29 is 28.6 Å². The summed E-state index contributed by atoms with van der Waals surface area (Å²) in [6.07, 6.45) is -0.678. The molecule has 0 aliphatic carbocycles. The Morgan fingerprint density at radius 3 is 2.59 bits per heavy atom. The molecule has 0 saturated carbocycles. The molecule has 2 N–H and O–H groups in total. The first kappa shape index (κ1) is 19.9. The number of halogens is 1. The van der Waals surface area contributed by atoms with Crippen molar-refractivity contribution in [2.45, 2.75) is 12.2 Å². The maximum absolute atomic E-state index is 13.1. The van der Waals surface area contributed by atoms with Crippen molar-refractivity contribution >= 4 is 5.69 Å². The Morgan fingerprint density at radius 2 is 1.83 bits per heavy atom. The van der Waals surface area contributed by atoms with E-state index in [0.717, 1.165) is 43.4 Å². The summed E-state index contributed by atoms with van der Waals surface area (Å²) in [6.45, 7) is 5.43. The van der Waals surface area contributed by atoms with Gasteiger partial charge in [-0.25, -0.2) is 4.39 Å². The Kier molecular flexibility index (Phi) is 6.49. The number of nitrogens with zero attached hydrogens (tertiary/aromatic N) is 1. The van der Waals surface area contributed by atoms with Crippen molar-refractivity contribution in [2.75, 3.05) is 57.4 Å². The van der Waals surface area contributed by atoms with Gasteiger partial charge < -0.3 is 29.1 Å². The van der Waals surface area contributed by atoms with Gasteiger partial charge in [0.2, 0.25) is 0 Å². The Balaban J connectivity index is 1.14. The predicted octanol–water partition coefficient (Wildman–Crippen LogP) is 0.748. The van der Waals surface area contributed by atoms with Gasteiger partial charge >= 0.3 is 0 Å². The van der Waals surface area contributed by atoms with Crippen LogP contribution >= 0.6 is 0 Å². The van der Waals surface area contributed by atoms with Crippen LogP contribution in [0.1, 0.15) is 0 Å². The Bertz CT molecular complexity index is 781. The van der Waals surface area contributed by atoms with Crippen LogP contribution in [0.4, 0.5) is 10.1 Å². The summed E-state index contributed by atoms with van der Waals surface area (Å²) < 4.78 is 30.3. The fraction of sp³-hybridized carbons (Fsp3) is 0.455. The second-order valence-electron chi connectivity index (χ2n) is 7.61. The van der Waals surface area contributed by atoms with Gasteiger partial charge in [0.25, 0.3) is 0 Å². The third-order valence-corrected chi connectivity index (χ3v) is 5.37. The number of hydrogen-bond acceptors (Lipinski definition) is 5. The van der Waals surface area contributed by atoms with Crippen LogP contribution in [0.25, 0.3) is 0 Å². The molecule has 2 aromatic rings. The van der Waals surface area contributed by atoms with E-state index in [2.05, 4.69) is 4.90 Å². The highest BCUT2D eigenvalue weighted by molar-refractivity contribution is 5.46. The summed E-state index contributed by atoms with van der Waals surface area (Å²) in [4.78, 5) is 3.61. The van der Waals surface area contributed by atoms with E-state index < -0.39 is 6.10 Å². The lowest BCUT2D eigenvalue weighted by Crippen LogP contribution is -3.16. The Hall–Kier alpha value is -2.35. The minimum atomic E-state index is -0.515. The van der Waals surface area contributed by atoms with E-state index in [0.29, 0.717) is 19.8 Å².